The Kier molecular flexibility index (Phi) is 6.79. The molecule has 3 aliphatic rings. The SMILES string of the molecule is Cc1cccc(F)c1-c1nc2c3c(nc(=O)n2-c2c(C)ccnc2C2CC2)N2CCN(C(=O)OC(C)(C)C)C[C@@H]2COc3c1F. The summed E-state index contributed by atoms with van der Waals surface area (Å²) in [5, 5.41) is 0.211. The highest BCUT2D eigenvalue weighted by Gasteiger charge is 2.39. The summed E-state index contributed by atoms with van der Waals surface area (Å²) in [6.45, 7) is 9.72. The fourth-order valence-corrected chi connectivity index (χ4v) is 6.29. The number of halogens is 2. The van der Waals surface area contributed by atoms with E-state index >= 15 is 8.78 Å². The molecule has 7 rings (SSSR count). The first-order chi connectivity index (χ1) is 21.4. The van der Waals surface area contributed by atoms with Crippen LogP contribution in [0, 0.1) is 25.5 Å². The van der Waals surface area contributed by atoms with Crippen molar-refractivity contribution >= 4 is 22.9 Å². The Balaban J connectivity index is 1.47. The molecule has 0 N–H and O–H groups in total. The van der Waals surface area contributed by atoms with Crippen LogP contribution >= 0.6 is 0 Å². The van der Waals surface area contributed by atoms with E-state index in [2.05, 4.69) is 9.97 Å². The van der Waals surface area contributed by atoms with Crippen LogP contribution in [0.1, 0.15) is 56.4 Å². The first kappa shape index (κ1) is 29.1. The van der Waals surface area contributed by atoms with Gasteiger partial charge in [-0.15, -0.1) is 0 Å². The molecule has 1 saturated heterocycles. The van der Waals surface area contributed by atoms with Gasteiger partial charge in [0.25, 0.3) is 0 Å². The molecule has 45 heavy (non-hydrogen) atoms. The van der Waals surface area contributed by atoms with Gasteiger partial charge < -0.3 is 19.3 Å². The van der Waals surface area contributed by atoms with E-state index in [1.807, 2.05) is 11.8 Å². The van der Waals surface area contributed by atoms with Crippen molar-refractivity contribution in [3.8, 4) is 22.7 Å². The summed E-state index contributed by atoms with van der Waals surface area (Å²) in [6.07, 6.45) is 3.10. The molecule has 234 valence electrons. The third-order valence-electron chi connectivity index (χ3n) is 8.53. The number of anilines is 1. The van der Waals surface area contributed by atoms with Gasteiger partial charge in [0, 0.05) is 37.3 Å². The van der Waals surface area contributed by atoms with Crippen molar-refractivity contribution in [3.63, 3.8) is 0 Å². The number of amides is 1. The van der Waals surface area contributed by atoms with Crippen LogP contribution in [0.2, 0.25) is 0 Å². The second-order valence-corrected chi connectivity index (χ2v) is 13.0. The van der Waals surface area contributed by atoms with Crippen molar-refractivity contribution in [1.82, 2.24) is 24.4 Å². The van der Waals surface area contributed by atoms with Gasteiger partial charge in [-0.05, 0) is 70.7 Å². The predicted molar refractivity (Wildman–Crippen MR) is 164 cm³/mol. The lowest BCUT2D eigenvalue weighted by atomic mass is 10.0. The van der Waals surface area contributed by atoms with Crippen molar-refractivity contribution in [2.75, 3.05) is 31.1 Å². The monoisotopic (exact) mass is 616 g/mol. The van der Waals surface area contributed by atoms with E-state index in [1.54, 1.807) is 57.0 Å². The number of fused-ring (bicyclic) bond motifs is 2. The zero-order chi connectivity index (χ0) is 31.8. The van der Waals surface area contributed by atoms with Crippen LogP contribution in [0.3, 0.4) is 0 Å². The number of hydrogen-bond donors (Lipinski definition) is 0. The topological polar surface area (TPSA) is 103 Å². The lowest BCUT2D eigenvalue weighted by Crippen LogP contribution is -2.57. The maximum absolute atomic E-state index is 16.7. The molecule has 3 aromatic heterocycles. The van der Waals surface area contributed by atoms with E-state index in [0.717, 1.165) is 24.1 Å². The second-order valence-electron chi connectivity index (χ2n) is 13.0. The van der Waals surface area contributed by atoms with Crippen LogP contribution < -0.4 is 15.3 Å². The van der Waals surface area contributed by atoms with Crippen molar-refractivity contribution in [3.05, 3.63) is 69.4 Å². The fourth-order valence-electron chi connectivity index (χ4n) is 6.29. The predicted octanol–water partition coefficient (Wildman–Crippen LogP) is 5.43. The molecule has 1 aromatic carbocycles. The largest absolute Gasteiger partial charge is 0.487 e. The number of rotatable bonds is 3. The minimum atomic E-state index is -0.849. The lowest BCUT2D eigenvalue weighted by molar-refractivity contribution is 0.0201. The highest BCUT2D eigenvalue weighted by Crippen LogP contribution is 2.45. The van der Waals surface area contributed by atoms with Gasteiger partial charge in [-0.3, -0.25) is 4.98 Å². The normalized spacial score (nSPS) is 18.0. The quantitative estimate of drug-likeness (QED) is 0.300. The molecule has 2 fully saturated rings. The van der Waals surface area contributed by atoms with E-state index in [9.17, 15) is 9.59 Å². The highest BCUT2D eigenvalue weighted by atomic mass is 19.1. The van der Waals surface area contributed by atoms with Crippen molar-refractivity contribution in [1.29, 1.82) is 0 Å². The standard InChI is InChI=1S/C33H34F2N6O4/c1-17-7-6-8-21(34)22(17)26-24(35)28-23-29(40-14-13-39(15-20(40)16-44-28)32(43)45-33(3,4)5)38-31(42)41(30(23)37-26)27-18(2)11-12-36-25(27)19-9-10-19/h6-8,11-12,19-20H,9-10,13-16H2,1-5H3/t20-/m1/s1. The zero-order valence-electron chi connectivity index (χ0n) is 25.9. The average molecular weight is 617 g/mol. The Morgan fingerprint density at radius 1 is 1.07 bits per heavy atom. The minimum Gasteiger partial charge on any atom is -0.487 e. The number of carbonyl (C=O) groups is 1. The smallest absolute Gasteiger partial charge is 0.410 e. The number of aromatic nitrogens is 4. The average Bonchev–Trinajstić information content (AvgIpc) is 3.83. The van der Waals surface area contributed by atoms with Gasteiger partial charge >= 0.3 is 11.8 Å². The van der Waals surface area contributed by atoms with Crippen molar-refractivity contribution in [2.24, 2.45) is 0 Å². The summed E-state index contributed by atoms with van der Waals surface area (Å²) in [5.74, 6) is -1.27. The Morgan fingerprint density at radius 2 is 1.84 bits per heavy atom. The van der Waals surface area contributed by atoms with Crippen LogP contribution in [0.4, 0.5) is 19.4 Å². The Labute approximate surface area is 258 Å². The van der Waals surface area contributed by atoms with E-state index in [4.69, 9.17) is 14.5 Å². The third-order valence-corrected chi connectivity index (χ3v) is 8.53. The van der Waals surface area contributed by atoms with Gasteiger partial charge in [-0.25, -0.2) is 27.9 Å². The molecular formula is C33H34F2N6O4. The molecule has 0 radical (unpaired) electrons. The number of aryl methyl sites for hydroxylation is 2. The Hall–Kier alpha value is -4.61. The van der Waals surface area contributed by atoms with Gasteiger partial charge in [0.05, 0.1) is 17.4 Å². The van der Waals surface area contributed by atoms with Crippen LogP contribution in [-0.2, 0) is 4.74 Å². The number of carbonyl (C=O) groups excluding carboxylic acids is 1. The molecule has 5 heterocycles. The first-order valence-corrected chi connectivity index (χ1v) is 15.2. The molecule has 10 nitrogen and oxygen atoms in total. The maximum Gasteiger partial charge on any atom is 0.410 e. The minimum absolute atomic E-state index is 0.0162. The lowest BCUT2D eigenvalue weighted by Gasteiger charge is -2.41. The second kappa shape index (κ2) is 10.5. The summed E-state index contributed by atoms with van der Waals surface area (Å²) in [4.78, 5) is 44.4. The van der Waals surface area contributed by atoms with Crippen molar-refractivity contribution < 1.29 is 23.0 Å². The van der Waals surface area contributed by atoms with Crippen LogP contribution in [-0.4, -0.2) is 68.4 Å². The first-order valence-electron chi connectivity index (χ1n) is 15.2. The van der Waals surface area contributed by atoms with Gasteiger partial charge in [-0.2, -0.15) is 4.98 Å². The Morgan fingerprint density at radius 3 is 2.56 bits per heavy atom. The molecule has 1 amide bonds. The van der Waals surface area contributed by atoms with E-state index in [0.29, 0.717) is 24.3 Å². The molecular weight excluding hydrogens is 582 g/mol. The van der Waals surface area contributed by atoms with Crippen LogP contribution in [0.15, 0.2) is 35.3 Å². The molecule has 0 bridgehead atoms. The number of pyridine rings is 2. The zero-order valence-corrected chi connectivity index (χ0v) is 25.9. The number of piperazine rings is 1. The molecule has 1 atom stereocenters. The summed E-state index contributed by atoms with van der Waals surface area (Å²) < 4.78 is 45.2. The van der Waals surface area contributed by atoms with Gasteiger partial charge in [0.2, 0.25) is 0 Å². The molecule has 2 aliphatic heterocycles. The van der Waals surface area contributed by atoms with Crippen molar-refractivity contribution in [2.45, 2.75) is 65.0 Å². The highest BCUT2D eigenvalue weighted by molar-refractivity contribution is 5.97. The number of ether oxygens (including phenoxy) is 2. The molecule has 1 aliphatic carbocycles. The molecule has 0 spiro atoms. The van der Waals surface area contributed by atoms with Gasteiger partial charge in [-0.1, -0.05) is 12.1 Å². The number of benzene rings is 1. The molecule has 0 unspecified atom stereocenters. The van der Waals surface area contributed by atoms with Crippen LogP contribution in [0.25, 0.3) is 28.0 Å². The van der Waals surface area contributed by atoms with E-state index in [-0.39, 0.29) is 52.9 Å². The summed E-state index contributed by atoms with van der Waals surface area (Å²) >= 11 is 0. The summed E-state index contributed by atoms with van der Waals surface area (Å²) in [7, 11) is 0. The van der Waals surface area contributed by atoms with Crippen LogP contribution in [0.5, 0.6) is 5.75 Å². The van der Waals surface area contributed by atoms with E-state index in [1.165, 1.54) is 10.6 Å². The molecule has 12 heteroatoms. The van der Waals surface area contributed by atoms with Gasteiger partial charge in [0.1, 0.15) is 34.9 Å². The van der Waals surface area contributed by atoms with E-state index < -0.39 is 35.1 Å². The summed E-state index contributed by atoms with van der Waals surface area (Å²) in [5.41, 5.74) is 1.07. The summed E-state index contributed by atoms with van der Waals surface area (Å²) in [6, 6.07) is 5.81. The maximum atomic E-state index is 16.7. The third kappa shape index (κ3) is 4.96. The number of nitrogens with zero attached hydrogens (tertiary/aromatic N) is 6. The fraction of sp³-hybridized carbons (Fsp3) is 0.424. The Bertz CT molecular complexity index is 1910. The number of hydrogen-bond acceptors (Lipinski definition) is 8. The molecule has 4 aromatic rings. The van der Waals surface area contributed by atoms with Gasteiger partial charge in [0.15, 0.2) is 17.2 Å². The molecule has 1 saturated carbocycles.